The minimum atomic E-state index is -0.936. The Balaban J connectivity index is 0.804. The number of piperidine rings is 1. The molecule has 0 radical (unpaired) electrons. The number of halogens is 1. The van der Waals surface area contributed by atoms with Gasteiger partial charge in [0.25, 0.3) is 5.91 Å². The van der Waals surface area contributed by atoms with Crippen molar-refractivity contribution in [2.24, 2.45) is 15.8 Å². The van der Waals surface area contributed by atoms with Gasteiger partial charge in [0.05, 0.1) is 34.4 Å². The van der Waals surface area contributed by atoms with E-state index in [2.05, 4.69) is 102 Å². The molecule has 1 atom stereocenters. The molecule has 16 heteroatoms. The lowest BCUT2D eigenvalue weighted by molar-refractivity contribution is -0.164. The van der Waals surface area contributed by atoms with Crippen molar-refractivity contribution in [2.75, 3.05) is 24.6 Å². The molecule has 63 heavy (non-hydrogen) atoms. The number of carboxylic acid groups (broad SMARTS) is 1. The smallest absolute Gasteiger partial charge is 0.306 e. The molecule has 0 spiro atoms. The van der Waals surface area contributed by atoms with Crippen molar-refractivity contribution in [1.29, 1.82) is 5.26 Å². The normalized spacial score (nSPS) is 20.1. The number of thiophene rings is 1. The van der Waals surface area contributed by atoms with Crippen molar-refractivity contribution in [2.45, 2.75) is 105 Å². The summed E-state index contributed by atoms with van der Waals surface area (Å²) < 4.78 is 14.7. The van der Waals surface area contributed by atoms with Gasteiger partial charge in [0.1, 0.15) is 34.8 Å². The number of aryl methyl sites for hydroxylation is 3. The Labute approximate surface area is 376 Å². The lowest BCUT2D eigenvalue weighted by Crippen LogP contribution is -2.74. The number of aliphatic carboxylic acids is 1. The number of rotatable bonds is 13. The monoisotopic (exact) mass is 889 g/mol. The Hall–Kier alpha value is -5.69. The van der Waals surface area contributed by atoms with Crippen molar-refractivity contribution in [3.8, 4) is 16.8 Å². The zero-order valence-electron chi connectivity index (χ0n) is 36.6. The van der Waals surface area contributed by atoms with Crippen molar-refractivity contribution >= 4 is 46.5 Å². The van der Waals surface area contributed by atoms with Crippen LogP contribution in [0.4, 0.5) is 5.95 Å². The minimum Gasteiger partial charge on any atom is -0.489 e. The molecule has 1 saturated carbocycles. The fourth-order valence-electron chi connectivity index (χ4n) is 9.68. The lowest BCUT2D eigenvalue weighted by atomic mass is 9.49. The molecule has 2 fully saturated rings. The zero-order valence-corrected chi connectivity index (χ0v) is 38.2. The van der Waals surface area contributed by atoms with Gasteiger partial charge in [0.2, 0.25) is 5.95 Å². The number of hydrogen-bond donors (Lipinski definition) is 2. The zero-order chi connectivity index (χ0) is 44.8. The van der Waals surface area contributed by atoms with Crippen LogP contribution in [0.3, 0.4) is 0 Å². The molecule has 3 aromatic heterocycles. The molecule has 328 valence electrons. The number of nitrogens with one attached hydrogen (secondary N) is 1. The van der Waals surface area contributed by atoms with Gasteiger partial charge in [-0.25, -0.2) is 9.97 Å². The summed E-state index contributed by atoms with van der Waals surface area (Å²) in [6, 6.07) is 14.7. The molecule has 2 aliphatic heterocycles. The highest BCUT2D eigenvalue weighted by molar-refractivity contribution is 7.15. The van der Waals surface area contributed by atoms with Crippen molar-refractivity contribution in [1.82, 2.24) is 30.0 Å². The van der Waals surface area contributed by atoms with Crippen LogP contribution >= 0.6 is 22.9 Å². The second-order valence-corrected chi connectivity index (χ2v) is 19.5. The first kappa shape index (κ1) is 43.9. The standard InChI is InChI=1S/C47H52ClN9O5S/c1-26-27(2)63-42-38(26)39(52-36(22-37(58)59)40-55-54-28(3)57(40)42)30-12-10-29(11-13-30)9-8-20-61-33-16-18-56(19-17-33)45-50-24-32(25-51-45)41(60)53-43-46(4,5)44(47(43,6)7)62-34-15-14-31(23-49)35(48)21-34/h10-15,21,24-25,33,36,43-44H,8-9,16-20,22H2,1-7H3,(H,53,60)(H,58,59)/t36-,43?,44?/m0/s1. The van der Waals surface area contributed by atoms with Crippen LogP contribution in [0.25, 0.3) is 5.00 Å². The quantitative estimate of drug-likeness (QED) is 0.109. The lowest BCUT2D eigenvalue weighted by Gasteiger charge is -2.63. The van der Waals surface area contributed by atoms with E-state index in [1.165, 1.54) is 10.4 Å². The Morgan fingerprint density at radius 3 is 2.37 bits per heavy atom. The molecule has 1 saturated heterocycles. The number of carboxylic acids is 1. The SMILES string of the molecule is Cc1sc2c(c1C)C(c1ccc(CCCOC3CCN(c4ncc(C(=O)NC5C(C)(C)C(Oc6ccc(C#N)c(Cl)c6)C5(C)C)cn4)CC3)cc1)=N[C@@H](CC(=O)O)c1nnc(C)n1-2. The largest absolute Gasteiger partial charge is 0.489 e. The van der Waals surface area contributed by atoms with E-state index < -0.39 is 12.0 Å². The maximum Gasteiger partial charge on any atom is 0.306 e. The Morgan fingerprint density at radius 1 is 1.02 bits per heavy atom. The second-order valence-electron chi connectivity index (χ2n) is 17.9. The summed E-state index contributed by atoms with van der Waals surface area (Å²) >= 11 is 7.90. The van der Waals surface area contributed by atoms with E-state index in [1.807, 2.05) is 11.5 Å². The number of carbonyl (C=O) groups is 2. The highest BCUT2D eigenvalue weighted by Crippen LogP contribution is 2.55. The van der Waals surface area contributed by atoms with Crippen molar-refractivity contribution < 1.29 is 24.2 Å². The summed E-state index contributed by atoms with van der Waals surface area (Å²) in [7, 11) is 0. The van der Waals surface area contributed by atoms with Crippen LogP contribution in [0.5, 0.6) is 5.75 Å². The predicted octanol–water partition coefficient (Wildman–Crippen LogP) is 8.17. The molecule has 14 nitrogen and oxygen atoms in total. The first-order valence-corrected chi connectivity index (χ1v) is 22.5. The first-order chi connectivity index (χ1) is 30.1. The fourth-order valence-corrected chi connectivity index (χ4v) is 11.1. The molecule has 8 rings (SSSR count). The van der Waals surface area contributed by atoms with Gasteiger partial charge in [-0.15, -0.1) is 21.5 Å². The van der Waals surface area contributed by atoms with Gasteiger partial charge in [-0.1, -0.05) is 63.6 Å². The van der Waals surface area contributed by atoms with Gasteiger partial charge in [-0.3, -0.25) is 19.1 Å². The van der Waals surface area contributed by atoms with Gasteiger partial charge in [-0.2, -0.15) is 5.26 Å². The number of amides is 1. The summed E-state index contributed by atoms with van der Waals surface area (Å²) in [5.74, 6) is 1.26. The number of fused-ring (bicyclic) bond motifs is 3. The summed E-state index contributed by atoms with van der Waals surface area (Å²) in [4.78, 5) is 42.8. The number of aliphatic imine (C=N–C) groups is 1. The third-order valence-corrected chi connectivity index (χ3v) is 14.4. The predicted molar refractivity (Wildman–Crippen MR) is 241 cm³/mol. The van der Waals surface area contributed by atoms with Crippen LogP contribution in [0.1, 0.15) is 114 Å². The average Bonchev–Trinajstić information content (AvgIpc) is 3.74. The van der Waals surface area contributed by atoms with Gasteiger partial charge >= 0.3 is 5.97 Å². The van der Waals surface area contributed by atoms with Crippen LogP contribution in [-0.4, -0.2) is 85.4 Å². The third kappa shape index (κ3) is 8.56. The van der Waals surface area contributed by atoms with E-state index in [1.54, 1.807) is 41.9 Å². The number of nitrogens with zero attached hydrogens (tertiary/aromatic N) is 8. The highest BCUT2D eigenvalue weighted by Gasteiger charge is 2.64. The molecule has 1 amide bonds. The molecule has 2 N–H and O–H groups in total. The van der Waals surface area contributed by atoms with Crippen molar-refractivity contribution in [3.05, 3.63) is 110 Å². The molecule has 2 aromatic carbocycles. The third-order valence-electron chi connectivity index (χ3n) is 12.9. The van der Waals surface area contributed by atoms with E-state index >= 15 is 0 Å². The van der Waals surface area contributed by atoms with Crippen LogP contribution in [-0.2, 0) is 16.0 Å². The Kier molecular flexibility index (Phi) is 12.2. The number of aromatic nitrogens is 5. The molecule has 0 unspecified atom stereocenters. The average molecular weight is 891 g/mol. The van der Waals surface area contributed by atoms with Crippen LogP contribution in [0, 0.1) is 42.9 Å². The molecule has 1 aliphatic carbocycles. The maximum atomic E-state index is 13.4. The number of nitriles is 1. The van der Waals surface area contributed by atoms with Crippen LogP contribution < -0.4 is 15.0 Å². The molecule has 0 bridgehead atoms. The van der Waals surface area contributed by atoms with Gasteiger partial charge < -0.3 is 24.8 Å². The number of hydrogen-bond acceptors (Lipinski definition) is 12. The molecule has 3 aliphatic rings. The molecular weight excluding hydrogens is 838 g/mol. The van der Waals surface area contributed by atoms with Crippen LogP contribution in [0.2, 0.25) is 5.02 Å². The van der Waals surface area contributed by atoms with E-state index in [0.717, 1.165) is 66.2 Å². The van der Waals surface area contributed by atoms with Crippen molar-refractivity contribution in [3.63, 3.8) is 0 Å². The maximum absolute atomic E-state index is 13.4. The van der Waals surface area contributed by atoms with E-state index in [4.69, 9.17) is 26.1 Å². The number of carbonyl (C=O) groups excluding carboxylic acids is 1. The molecule has 5 heterocycles. The number of benzene rings is 2. The van der Waals surface area contributed by atoms with E-state index in [0.29, 0.717) is 46.1 Å². The van der Waals surface area contributed by atoms with Gasteiger partial charge in [-0.05, 0) is 69.7 Å². The van der Waals surface area contributed by atoms with Gasteiger partial charge in [0.15, 0.2) is 5.82 Å². The Bertz CT molecular complexity index is 2590. The highest BCUT2D eigenvalue weighted by atomic mass is 35.5. The summed E-state index contributed by atoms with van der Waals surface area (Å²) in [5.41, 5.74) is 5.04. The molecular formula is C47H52ClN9O5S. The van der Waals surface area contributed by atoms with E-state index in [9.17, 15) is 20.0 Å². The fraction of sp³-hybridized carbons (Fsp3) is 0.447. The number of ether oxygens (including phenoxy) is 2. The van der Waals surface area contributed by atoms with E-state index in [-0.39, 0.29) is 41.4 Å². The van der Waals surface area contributed by atoms with Crippen LogP contribution in [0.15, 0.2) is 59.9 Å². The second kappa shape index (κ2) is 17.5. The minimum absolute atomic E-state index is 0.150. The molecule has 5 aromatic rings. The summed E-state index contributed by atoms with van der Waals surface area (Å²) in [6.07, 6.45) is 6.40. The van der Waals surface area contributed by atoms with Gasteiger partial charge in [0, 0.05) is 71.0 Å². The Morgan fingerprint density at radius 2 is 1.71 bits per heavy atom. The topological polar surface area (TPSA) is 181 Å². The summed E-state index contributed by atoms with van der Waals surface area (Å²) in [6.45, 7) is 16.5. The number of anilines is 1. The first-order valence-electron chi connectivity index (χ1n) is 21.3. The summed E-state index contributed by atoms with van der Waals surface area (Å²) in [5, 5.41) is 32.1.